The Morgan fingerprint density at radius 2 is 1.94 bits per heavy atom. The van der Waals surface area contributed by atoms with Crippen molar-refractivity contribution in [3.63, 3.8) is 0 Å². The molecule has 0 bridgehead atoms. The summed E-state index contributed by atoms with van der Waals surface area (Å²) in [5, 5.41) is 4.28. The topological polar surface area (TPSA) is 15.3 Å². The number of piperazine rings is 1. The van der Waals surface area contributed by atoms with Crippen LogP contribution in [0.4, 0.5) is 0 Å². The molecule has 1 heterocycles. The maximum atomic E-state index is 6.22. The first-order chi connectivity index (χ1) is 8.16. The lowest BCUT2D eigenvalue weighted by Crippen LogP contribution is -2.44. The highest BCUT2D eigenvalue weighted by Crippen LogP contribution is 2.22. The van der Waals surface area contributed by atoms with Crippen LogP contribution in [0.5, 0.6) is 0 Å². The first-order valence-corrected chi connectivity index (χ1v) is 6.73. The fourth-order valence-electron chi connectivity index (χ4n) is 2.36. The van der Waals surface area contributed by atoms with Gasteiger partial charge in [0, 0.05) is 37.7 Å². The Balaban J connectivity index is 1.98. The second-order valence-electron chi connectivity index (χ2n) is 4.87. The Morgan fingerprint density at radius 3 is 2.65 bits per heavy atom. The van der Waals surface area contributed by atoms with Crippen molar-refractivity contribution >= 4 is 11.6 Å². The van der Waals surface area contributed by atoms with Crippen LogP contribution in [0.2, 0.25) is 5.02 Å². The van der Waals surface area contributed by atoms with Crippen LogP contribution in [0.3, 0.4) is 0 Å². The van der Waals surface area contributed by atoms with Crippen molar-refractivity contribution in [2.75, 3.05) is 32.7 Å². The van der Waals surface area contributed by atoms with Crippen LogP contribution in [-0.4, -0.2) is 37.6 Å². The van der Waals surface area contributed by atoms with E-state index in [4.69, 9.17) is 11.6 Å². The van der Waals surface area contributed by atoms with E-state index in [9.17, 15) is 0 Å². The highest BCUT2D eigenvalue weighted by molar-refractivity contribution is 6.31. The minimum Gasteiger partial charge on any atom is -0.314 e. The van der Waals surface area contributed by atoms with E-state index in [1.165, 1.54) is 29.8 Å². The molecule has 0 radical (unpaired) electrons. The fraction of sp³-hybridized carbons (Fsp3) is 0.571. The minimum atomic E-state index is 0.903. The molecular formula is C14H21ClN2. The van der Waals surface area contributed by atoms with Crippen LogP contribution < -0.4 is 5.32 Å². The Morgan fingerprint density at radius 1 is 1.24 bits per heavy atom. The van der Waals surface area contributed by atoms with Crippen LogP contribution >= 0.6 is 11.6 Å². The Kier molecular flexibility index (Phi) is 4.43. The number of nitrogens with zero attached hydrogens (tertiary/aromatic N) is 1. The average Bonchev–Trinajstić information content (AvgIpc) is 2.33. The maximum absolute atomic E-state index is 6.22. The van der Waals surface area contributed by atoms with Crippen molar-refractivity contribution in [3.05, 3.63) is 33.8 Å². The summed E-state index contributed by atoms with van der Waals surface area (Å²) in [4.78, 5) is 2.52. The minimum absolute atomic E-state index is 0.903. The first-order valence-electron chi connectivity index (χ1n) is 6.35. The Bertz CT molecular complexity index is 384. The Hall–Kier alpha value is -0.570. The van der Waals surface area contributed by atoms with E-state index in [1.807, 2.05) is 6.07 Å². The smallest absolute Gasteiger partial charge is 0.0440 e. The molecule has 1 aromatic rings. The van der Waals surface area contributed by atoms with E-state index >= 15 is 0 Å². The summed E-state index contributed by atoms with van der Waals surface area (Å²) in [5.74, 6) is 0. The van der Waals surface area contributed by atoms with E-state index in [0.717, 1.165) is 31.1 Å². The quantitative estimate of drug-likeness (QED) is 0.889. The van der Waals surface area contributed by atoms with E-state index in [0.29, 0.717) is 0 Å². The molecule has 0 saturated carbocycles. The summed E-state index contributed by atoms with van der Waals surface area (Å²) in [7, 11) is 0. The van der Waals surface area contributed by atoms with Gasteiger partial charge in [0.1, 0.15) is 0 Å². The van der Waals surface area contributed by atoms with Gasteiger partial charge in [-0.3, -0.25) is 0 Å². The summed E-state index contributed by atoms with van der Waals surface area (Å²) in [5.41, 5.74) is 3.90. The molecule has 1 N–H and O–H groups in total. The predicted molar refractivity (Wildman–Crippen MR) is 73.9 cm³/mol. The summed E-state index contributed by atoms with van der Waals surface area (Å²) in [6.45, 7) is 9.94. The van der Waals surface area contributed by atoms with Crippen LogP contribution in [0, 0.1) is 13.8 Å². The summed E-state index contributed by atoms with van der Waals surface area (Å²) >= 11 is 6.22. The fourth-order valence-corrected chi connectivity index (χ4v) is 2.65. The zero-order chi connectivity index (χ0) is 12.3. The molecule has 0 aromatic heterocycles. The van der Waals surface area contributed by atoms with Gasteiger partial charge in [-0.25, -0.2) is 0 Å². The molecule has 1 fully saturated rings. The molecule has 2 nitrogen and oxygen atoms in total. The van der Waals surface area contributed by atoms with Crippen LogP contribution in [0.1, 0.15) is 16.7 Å². The lowest BCUT2D eigenvalue weighted by molar-refractivity contribution is 0.244. The van der Waals surface area contributed by atoms with Crippen molar-refractivity contribution < 1.29 is 0 Å². The van der Waals surface area contributed by atoms with Crippen molar-refractivity contribution in [1.29, 1.82) is 0 Å². The first kappa shape index (κ1) is 12.9. The number of rotatable bonds is 3. The molecule has 1 aromatic carbocycles. The van der Waals surface area contributed by atoms with E-state index in [1.54, 1.807) is 0 Å². The molecule has 1 aliphatic heterocycles. The van der Waals surface area contributed by atoms with Gasteiger partial charge in [-0.15, -0.1) is 0 Å². The van der Waals surface area contributed by atoms with Gasteiger partial charge in [0.05, 0.1) is 0 Å². The lowest BCUT2D eigenvalue weighted by atomic mass is 10.0. The zero-order valence-corrected chi connectivity index (χ0v) is 11.5. The molecule has 0 atom stereocenters. The highest BCUT2D eigenvalue weighted by Gasteiger charge is 2.10. The lowest BCUT2D eigenvalue weighted by Gasteiger charge is -2.27. The zero-order valence-electron chi connectivity index (χ0n) is 10.7. The van der Waals surface area contributed by atoms with E-state index in [2.05, 4.69) is 30.1 Å². The number of hydrogen-bond acceptors (Lipinski definition) is 2. The third-order valence-corrected chi connectivity index (χ3v) is 3.90. The largest absolute Gasteiger partial charge is 0.314 e. The van der Waals surface area contributed by atoms with Gasteiger partial charge in [0.15, 0.2) is 0 Å². The third kappa shape index (κ3) is 3.44. The summed E-state index contributed by atoms with van der Waals surface area (Å²) in [6, 6.07) is 4.31. The number of halogens is 1. The molecular weight excluding hydrogens is 232 g/mol. The van der Waals surface area contributed by atoms with Crippen molar-refractivity contribution in [2.24, 2.45) is 0 Å². The molecule has 0 spiro atoms. The van der Waals surface area contributed by atoms with Gasteiger partial charge in [0.2, 0.25) is 0 Å². The molecule has 2 rings (SSSR count). The second-order valence-corrected chi connectivity index (χ2v) is 5.28. The van der Waals surface area contributed by atoms with Crippen molar-refractivity contribution in [3.8, 4) is 0 Å². The monoisotopic (exact) mass is 252 g/mol. The van der Waals surface area contributed by atoms with Crippen molar-refractivity contribution in [2.45, 2.75) is 20.3 Å². The number of nitrogens with one attached hydrogen (secondary N) is 1. The van der Waals surface area contributed by atoms with Gasteiger partial charge in [0.25, 0.3) is 0 Å². The summed E-state index contributed by atoms with van der Waals surface area (Å²) in [6.07, 6.45) is 1.10. The molecule has 0 unspecified atom stereocenters. The summed E-state index contributed by atoms with van der Waals surface area (Å²) < 4.78 is 0. The Labute approximate surface area is 109 Å². The van der Waals surface area contributed by atoms with Gasteiger partial charge in [-0.1, -0.05) is 17.7 Å². The molecule has 17 heavy (non-hydrogen) atoms. The maximum Gasteiger partial charge on any atom is 0.0440 e. The van der Waals surface area contributed by atoms with Gasteiger partial charge in [-0.05, 0) is 43.0 Å². The van der Waals surface area contributed by atoms with Crippen LogP contribution in [0.25, 0.3) is 0 Å². The third-order valence-electron chi connectivity index (χ3n) is 3.50. The predicted octanol–water partition coefficient (Wildman–Crippen LogP) is 2.40. The van der Waals surface area contributed by atoms with Gasteiger partial charge < -0.3 is 10.2 Å². The SMILES string of the molecule is Cc1cc(Cl)c(C)c(CCN2CCNCC2)c1. The number of benzene rings is 1. The van der Waals surface area contributed by atoms with Crippen LogP contribution in [0.15, 0.2) is 12.1 Å². The van der Waals surface area contributed by atoms with E-state index in [-0.39, 0.29) is 0 Å². The molecule has 1 aliphatic rings. The van der Waals surface area contributed by atoms with Gasteiger partial charge >= 0.3 is 0 Å². The average molecular weight is 253 g/mol. The standard InChI is InChI=1S/C14H21ClN2/c1-11-9-13(12(2)14(15)10-11)3-6-17-7-4-16-5-8-17/h9-10,16H,3-8H2,1-2H3. The molecule has 3 heteroatoms. The van der Waals surface area contributed by atoms with E-state index < -0.39 is 0 Å². The number of aryl methyl sites for hydroxylation is 1. The highest BCUT2D eigenvalue weighted by atomic mass is 35.5. The van der Waals surface area contributed by atoms with Crippen LogP contribution in [-0.2, 0) is 6.42 Å². The van der Waals surface area contributed by atoms with Gasteiger partial charge in [-0.2, -0.15) is 0 Å². The number of hydrogen-bond donors (Lipinski definition) is 1. The molecule has 0 amide bonds. The van der Waals surface area contributed by atoms with Crippen molar-refractivity contribution in [1.82, 2.24) is 10.2 Å². The molecule has 1 saturated heterocycles. The molecule has 0 aliphatic carbocycles. The normalized spacial score (nSPS) is 17.4. The second kappa shape index (κ2) is 5.85. The molecule has 94 valence electrons.